The molecule has 138 valence electrons. The molecule has 1 fully saturated rings. The Hall–Kier alpha value is -2.06. The highest BCUT2D eigenvalue weighted by atomic mass is 127. The van der Waals surface area contributed by atoms with Crippen LogP contribution < -0.4 is 4.90 Å². The highest BCUT2D eigenvalue weighted by molar-refractivity contribution is 14.1. The molecule has 3 aromatic rings. The highest BCUT2D eigenvalue weighted by Crippen LogP contribution is 2.23. The molecule has 0 spiro atoms. The van der Waals surface area contributed by atoms with Crippen LogP contribution in [0.4, 0.5) is 5.95 Å². The zero-order chi connectivity index (χ0) is 18.8. The van der Waals surface area contributed by atoms with E-state index in [9.17, 15) is 4.79 Å². The molecule has 2 aromatic carbocycles. The molecule has 0 unspecified atom stereocenters. The van der Waals surface area contributed by atoms with Crippen molar-refractivity contribution in [3.8, 4) is 5.69 Å². The third-order valence-corrected chi connectivity index (χ3v) is 5.84. The monoisotopic (exact) mass is 492 g/mol. The van der Waals surface area contributed by atoms with Crippen molar-refractivity contribution in [2.45, 2.75) is 0 Å². The van der Waals surface area contributed by atoms with Gasteiger partial charge in [0.15, 0.2) is 0 Å². The minimum atomic E-state index is 0.0952. The van der Waals surface area contributed by atoms with Crippen LogP contribution in [-0.4, -0.2) is 46.5 Å². The largest absolute Gasteiger partial charge is 0.338 e. The lowest BCUT2D eigenvalue weighted by Crippen LogP contribution is -2.49. The molecule has 1 amide bonds. The lowest BCUT2D eigenvalue weighted by Gasteiger charge is -2.35. The fourth-order valence-electron chi connectivity index (χ4n) is 3.27. The van der Waals surface area contributed by atoms with Crippen molar-refractivity contribution in [3.63, 3.8) is 0 Å². The molecule has 0 saturated carbocycles. The van der Waals surface area contributed by atoms with Gasteiger partial charge in [0.1, 0.15) is 0 Å². The summed E-state index contributed by atoms with van der Waals surface area (Å²) in [7, 11) is 0. The van der Waals surface area contributed by atoms with Crippen molar-refractivity contribution in [3.05, 3.63) is 75.1 Å². The number of benzene rings is 2. The van der Waals surface area contributed by atoms with Crippen LogP contribution in [0.1, 0.15) is 10.4 Å². The predicted molar refractivity (Wildman–Crippen MR) is 116 cm³/mol. The van der Waals surface area contributed by atoms with Gasteiger partial charge in [-0.25, -0.2) is 4.98 Å². The summed E-state index contributed by atoms with van der Waals surface area (Å²) in [5.74, 6) is 0.969. The second-order valence-corrected chi connectivity index (χ2v) is 7.93. The number of amides is 1. The summed E-state index contributed by atoms with van der Waals surface area (Å²) < 4.78 is 3.02. The maximum atomic E-state index is 12.8. The minimum absolute atomic E-state index is 0.0952. The Balaban J connectivity index is 1.49. The summed E-state index contributed by atoms with van der Waals surface area (Å²) in [6.45, 7) is 2.83. The fourth-order valence-corrected chi connectivity index (χ4v) is 4.07. The van der Waals surface area contributed by atoms with Crippen LogP contribution in [0.2, 0.25) is 5.02 Å². The predicted octanol–water partition coefficient (Wildman–Crippen LogP) is 4.09. The molecule has 0 N–H and O–H groups in total. The number of halogens is 2. The van der Waals surface area contributed by atoms with E-state index in [0.717, 1.165) is 33.9 Å². The van der Waals surface area contributed by atoms with Gasteiger partial charge in [0.05, 0.1) is 5.56 Å². The summed E-state index contributed by atoms with van der Waals surface area (Å²) in [5.41, 5.74) is 1.75. The first-order valence-corrected chi connectivity index (χ1v) is 10.2. The van der Waals surface area contributed by atoms with E-state index < -0.39 is 0 Å². The number of anilines is 1. The molecule has 0 radical (unpaired) electrons. The number of hydrogen-bond donors (Lipinski definition) is 0. The zero-order valence-corrected chi connectivity index (χ0v) is 17.5. The van der Waals surface area contributed by atoms with Crippen LogP contribution in [0.3, 0.4) is 0 Å². The number of carbonyl (C=O) groups is 1. The molecule has 1 aromatic heterocycles. The van der Waals surface area contributed by atoms with E-state index in [4.69, 9.17) is 11.6 Å². The maximum Gasteiger partial charge on any atom is 0.255 e. The van der Waals surface area contributed by atoms with Crippen molar-refractivity contribution < 1.29 is 4.79 Å². The Kier molecular flexibility index (Phi) is 5.36. The second-order valence-electron chi connectivity index (χ2n) is 6.34. The molecule has 4 rings (SSSR count). The van der Waals surface area contributed by atoms with Gasteiger partial charge < -0.3 is 9.80 Å². The Morgan fingerprint density at radius 1 is 1.04 bits per heavy atom. The highest BCUT2D eigenvalue weighted by Gasteiger charge is 2.25. The zero-order valence-electron chi connectivity index (χ0n) is 14.6. The smallest absolute Gasteiger partial charge is 0.255 e. The van der Waals surface area contributed by atoms with Crippen molar-refractivity contribution in [1.82, 2.24) is 14.5 Å². The van der Waals surface area contributed by atoms with Gasteiger partial charge in [-0.15, -0.1) is 0 Å². The quantitative estimate of drug-likeness (QED) is 0.517. The molecule has 0 atom stereocenters. The van der Waals surface area contributed by atoms with Crippen LogP contribution >= 0.6 is 34.2 Å². The van der Waals surface area contributed by atoms with Gasteiger partial charge in [-0.2, -0.15) is 0 Å². The average Bonchev–Trinajstić information content (AvgIpc) is 3.18. The summed E-state index contributed by atoms with van der Waals surface area (Å²) >= 11 is 8.35. The van der Waals surface area contributed by atoms with Gasteiger partial charge in [-0.1, -0.05) is 29.8 Å². The lowest BCUT2D eigenvalue weighted by molar-refractivity contribution is 0.0745. The van der Waals surface area contributed by atoms with Gasteiger partial charge in [-0.3, -0.25) is 9.36 Å². The molecule has 1 saturated heterocycles. The third-order valence-electron chi connectivity index (χ3n) is 4.66. The van der Waals surface area contributed by atoms with E-state index >= 15 is 0 Å². The molecule has 1 aliphatic heterocycles. The van der Waals surface area contributed by atoms with Crippen LogP contribution in [0, 0.1) is 3.57 Å². The average molecular weight is 493 g/mol. The van der Waals surface area contributed by atoms with Crippen molar-refractivity contribution in [2.75, 3.05) is 31.1 Å². The van der Waals surface area contributed by atoms with Gasteiger partial charge in [0.25, 0.3) is 5.91 Å². The molecule has 1 aliphatic rings. The van der Waals surface area contributed by atoms with E-state index in [-0.39, 0.29) is 5.91 Å². The summed E-state index contributed by atoms with van der Waals surface area (Å²) in [6.07, 6.45) is 3.73. The number of imidazole rings is 1. The SMILES string of the molecule is O=C(c1ccccc1I)N1CCN(c2nccn2-c2cccc(Cl)c2)CC1. The maximum absolute atomic E-state index is 12.8. The molecule has 7 heteroatoms. The normalized spacial score (nSPS) is 14.4. The van der Waals surface area contributed by atoms with Gasteiger partial charge in [-0.05, 0) is 52.9 Å². The molecule has 5 nitrogen and oxygen atoms in total. The molecule has 0 bridgehead atoms. The first kappa shape index (κ1) is 18.3. The Morgan fingerprint density at radius 3 is 2.56 bits per heavy atom. The van der Waals surface area contributed by atoms with Gasteiger partial charge in [0, 0.05) is 52.9 Å². The topological polar surface area (TPSA) is 41.4 Å². The third kappa shape index (κ3) is 3.82. The fraction of sp³-hybridized carbons (Fsp3) is 0.200. The second kappa shape index (κ2) is 7.90. The van der Waals surface area contributed by atoms with E-state index in [0.29, 0.717) is 18.1 Å². The van der Waals surface area contributed by atoms with Crippen LogP contribution in [-0.2, 0) is 0 Å². The molecule has 2 heterocycles. The van der Waals surface area contributed by atoms with Crippen molar-refractivity contribution in [2.24, 2.45) is 0 Å². The number of aromatic nitrogens is 2. The standard InChI is InChI=1S/C20H18ClIN4O/c21-15-4-3-5-16(14-15)26-9-8-23-20(26)25-12-10-24(11-13-25)19(27)17-6-1-2-7-18(17)22/h1-9,14H,10-13H2. The van der Waals surface area contributed by atoms with E-state index in [1.54, 1.807) is 6.20 Å². The van der Waals surface area contributed by atoms with E-state index in [1.807, 2.05) is 64.2 Å². The summed E-state index contributed by atoms with van der Waals surface area (Å²) in [4.78, 5) is 21.5. The molecular weight excluding hydrogens is 475 g/mol. The Labute approximate surface area is 176 Å². The van der Waals surface area contributed by atoms with Crippen molar-refractivity contribution >= 4 is 46.0 Å². The summed E-state index contributed by atoms with van der Waals surface area (Å²) in [5, 5.41) is 0.694. The van der Waals surface area contributed by atoms with Crippen LogP contribution in [0.15, 0.2) is 60.9 Å². The number of piperazine rings is 1. The molecule has 27 heavy (non-hydrogen) atoms. The molecule has 0 aliphatic carbocycles. The number of rotatable bonds is 3. The first-order valence-electron chi connectivity index (χ1n) is 8.71. The summed E-state index contributed by atoms with van der Waals surface area (Å²) in [6, 6.07) is 15.4. The van der Waals surface area contributed by atoms with Crippen molar-refractivity contribution in [1.29, 1.82) is 0 Å². The number of nitrogens with zero attached hydrogens (tertiary/aromatic N) is 4. The Morgan fingerprint density at radius 2 is 1.81 bits per heavy atom. The lowest BCUT2D eigenvalue weighted by atomic mass is 10.2. The minimum Gasteiger partial charge on any atom is -0.338 e. The first-order chi connectivity index (χ1) is 13.1. The number of carbonyl (C=O) groups excluding carboxylic acids is 1. The molecular formula is C20H18ClIN4O. The Bertz CT molecular complexity index is 966. The van der Waals surface area contributed by atoms with E-state index in [2.05, 4.69) is 32.5 Å². The van der Waals surface area contributed by atoms with Gasteiger partial charge >= 0.3 is 0 Å². The van der Waals surface area contributed by atoms with Gasteiger partial charge in [0.2, 0.25) is 5.95 Å². The van der Waals surface area contributed by atoms with Crippen LogP contribution in [0.5, 0.6) is 0 Å². The van der Waals surface area contributed by atoms with E-state index in [1.165, 1.54) is 0 Å². The number of hydrogen-bond acceptors (Lipinski definition) is 3. The van der Waals surface area contributed by atoms with Crippen LogP contribution in [0.25, 0.3) is 5.69 Å².